The molecule has 0 unspecified atom stereocenters. The zero-order chi connectivity index (χ0) is 23.6. The van der Waals surface area contributed by atoms with E-state index in [0.717, 1.165) is 16.7 Å². The van der Waals surface area contributed by atoms with E-state index >= 15 is 0 Å². The van der Waals surface area contributed by atoms with Crippen molar-refractivity contribution < 1.29 is 0 Å². The summed E-state index contributed by atoms with van der Waals surface area (Å²) in [5.41, 5.74) is 7.01. The van der Waals surface area contributed by atoms with Gasteiger partial charge in [0.2, 0.25) is 0 Å². The van der Waals surface area contributed by atoms with Gasteiger partial charge in [-0.05, 0) is 70.4 Å². The van der Waals surface area contributed by atoms with E-state index in [0.29, 0.717) is 0 Å². The number of aromatic nitrogens is 2. The molecule has 5 aromatic carbocycles. The fourth-order valence-corrected chi connectivity index (χ4v) is 6.63. The normalized spacial score (nSPS) is 11.9. The van der Waals surface area contributed by atoms with Crippen molar-refractivity contribution in [2.45, 2.75) is 0 Å². The zero-order valence-corrected chi connectivity index (χ0v) is 20.2. The second-order valence-corrected chi connectivity index (χ2v) is 10.4. The minimum Gasteiger partial charge on any atom is -0.308 e. The highest BCUT2D eigenvalue weighted by Gasteiger charge is 2.16. The van der Waals surface area contributed by atoms with Crippen molar-refractivity contribution in [3.8, 4) is 16.8 Å². The molecule has 0 aliphatic heterocycles. The lowest BCUT2D eigenvalue weighted by atomic mass is 10.0. The molecular formula is C33H20N2S. The van der Waals surface area contributed by atoms with E-state index < -0.39 is 0 Å². The standard InChI is InChI=1S/C33H20N2S/c1-2-7-21(8-3-1)22-12-13-24-18-25(15-14-23(24)17-22)35-29-10-6-16-34-33(29)28-19-27-26-9-4-5-11-31(26)36-32(27)20-30(28)35/h1-20H. The van der Waals surface area contributed by atoms with Crippen molar-refractivity contribution in [1.82, 2.24) is 9.55 Å². The van der Waals surface area contributed by atoms with Crippen molar-refractivity contribution in [3.05, 3.63) is 121 Å². The summed E-state index contributed by atoms with van der Waals surface area (Å²) in [6.07, 6.45) is 1.90. The Labute approximate surface area is 211 Å². The molecule has 36 heavy (non-hydrogen) atoms. The van der Waals surface area contributed by atoms with Gasteiger partial charge in [-0.1, -0.05) is 66.7 Å². The summed E-state index contributed by atoms with van der Waals surface area (Å²) < 4.78 is 5.00. The third-order valence-corrected chi connectivity index (χ3v) is 8.34. The Hall–Kier alpha value is -4.47. The third-order valence-electron chi connectivity index (χ3n) is 7.21. The number of pyridine rings is 1. The summed E-state index contributed by atoms with van der Waals surface area (Å²) >= 11 is 1.86. The maximum Gasteiger partial charge on any atom is 0.0963 e. The van der Waals surface area contributed by atoms with Gasteiger partial charge in [-0.2, -0.15) is 0 Å². The monoisotopic (exact) mass is 476 g/mol. The van der Waals surface area contributed by atoms with E-state index in [1.54, 1.807) is 0 Å². The average molecular weight is 477 g/mol. The first-order valence-electron chi connectivity index (χ1n) is 12.1. The lowest BCUT2D eigenvalue weighted by Gasteiger charge is -2.10. The molecule has 0 spiro atoms. The maximum absolute atomic E-state index is 4.82. The van der Waals surface area contributed by atoms with Gasteiger partial charge < -0.3 is 4.57 Å². The highest BCUT2D eigenvalue weighted by Crippen LogP contribution is 2.40. The molecule has 3 heterocycles. The van der Waals surface area contributed by atoms with Gasteiger partial charge in [0.25, 0.3) is 0 Å². The second-order valence-electron chi connectivity index (χ2n) is 9.28. The molecule has 0 fully saturated rings. The van der Waals surface area contributed by atoms with Crippen LogP contribution in [0.15, 0.2) is 121 Å². The molecule has 8 rings (SSSR count). The van der Waals surface area contributed by atoms with E-state index in [2.05, 4.69) is 114 Å². The van der Waals surface area contributed by atoms with E-state index in [1.165, 1.54) is 53.0 Å². The van der Waals surface area contributed by atoms with Crippen LogP contribution < -0.4 is 0 Å². The fourth-order valence-electron chi connectivity index (χ4n) is 5.51. The average Bonchev–Trinajstić information content (AvgIpc) is 3.46. The molecule has 0 amide bonds. The summed E-state index contributed by atoms with van der Waals surface area (Å²) in [4.78, 5) is 4.82. The molecule has 0 N–H and O–H groups in total. The molecule has 8 aromatic rings. The smallest absolute Gasteiger partial charge is 0.0963 e. The fraction of sp³-hybridized carbons (Fsp3) is 0. The van der Waals surface area contributed by atoms with Gasteiger partial charge >= 0.3 is 0 Å². The highest BCUT2D eigenvalue weighted by molar-refractivity contribution is 7.25. The summed E-state index contributed by atoms with van der Waals surface area (Å²) in [6, 6.07) is 41.6. The molecular weight excluding hydrogens is 456 g/mol. The van der Waals surface area contributed by atoms with E-state index in [4.69, 9.17) is 4.98 Å². The van der Waals surface area contributed by atoms with Crippen LogP contribution in [0.4, 0.5) is 0 Å². The van der Waals surface area contributed by atoms with Crippen LogP contribution in [-0.2, 0) is 0 Å². The Morgan fingerprint density at radius 2 is 1.36 bits per heavy atom. The van der Waals surface area contributed by atoms with Crippen LogP contribution in [0.25, 0.3) is 69.7 Å². The van der Waals surface area contributed by atoms with Gasteiger partial charge in [0.1, 0.15) is 0 Å². The Morgan fingerprint density at radius 3 is 2.31 bits per heavy atom. The van der Waals surface area contributed by atoms with Crippen LogP contribution in [0.2, 0.25) is 0 Å². The first kappa shape index (κ1) is 19.8. The molecule has 0 aliphatic rings. The molecule has 0 bridgehead atoms. The molecule has 168 valence electrons. The topological polar surface area (TPSA) is 17.8 Å². The van der Waals surface area contributed by atoms with Crippen LogP contribution >= 0.6 is 11.3 Å². The van der Waals surface area contributed by atoms with Gasteiger partial charge in [-0.15, -0.1) is 11.3 Å². The number of benzene rings is 5. The Kier molecular flexibility index (Phi) is 4.13. The molecule has 0 atom stereocenters. The van der Waals surface area contributed by atoms with Crippen LogP contribution in [0.1, 0.15) is 0 Å². The van der Waals surface area contributed by atoms with Gasteiger partial charge in [0.05, 0.1) is 16.6 Å². The number of nitrogens with zero attached hydrogens (tertiary/aromatic N) is 2. The van der Waals surface area contributed by atoms with Crippen molar-refractivity contribution in [2.24, 2.45) is 0 Å². The van der Waals surface area contributed by atoms with Crippen LogP contribution in [0.3, 0.4) is 0 Å². The van der Waals surface area contributed by atoms with E-state index in [9.17, 15) is 0 Å². The van der Waals surface area contributed by atoms with Crippen molar-refractivity contribution in [2.75, 3.05) is 0 Å². The molecule has 0 radical (unpaired) electrons. The van der Waals surface area contributed by atoms with Gasteiger partial charge in [-0.3, -0.25) is 4.98 Å². The van der Waals surface area contributed by atoms with Crippen molar-refractivity contribution in [1.29, 1.82) is 0 Å². The summed E-state index contributed by atoms with van der Waals surface area (Å²) in [5, 5.41) is 6.29. The Morgan fingerprint density at radius 1 is 0.528 bits per heavy atom. The zero-order valence-electron chi connectivity index (χ0n) is 19.3. The largest absolute Gasteiger partial charge is 0.308 e. The Balaban J connectivity index is 1.38. The van der Waals surface area contributed by atoms with Crippen LogP contribution in [0, 0.1) is 0 Å². The lowest BCUT2D eigenvalue weighted by Crippen LogP contribution is -1.94. The third kappa shape index (κ3) is 2.87. The summed E-state index contributed by atoms with van der Waals surface area (Å²) in [6.45, 7) is 0. The molecule has 2 nitrogen and oxygen atoms in total. The molecule has 0 aliphatic carbocycles. The van der Waals surface area contributed by atoms with Gasteiger partial charge in [-0.25, -0.2) is 0 Å². The van der Waals surface area contributed by atoms with Crippen molar-refractivity contribution >= 4 is 64.2 Å². The quantitative estimate of drug-likeness (QED) is 0.243. The summed E-state index contributed by atoms with van der Waals surface area (Å²) in [7, 11) is 0. The van der Waals surface area contributed by atoms with Gasteiger partial charge in [0, 0.05) is 37.4 Å². The van der Waals surface area contributed by atoms with Crippen LogP contribution in [-0.4, -0.2) is 9.55 Å². The number of hydrogen-bond acceptors (Lipinski definition) is 2. The number of hydrogen-bond donors (Lipinski definition) is 0. The summed E-state index contributed by atoms with van der Waals surface area (Å²) in [5.74, 6) is 0. The number of rotatable bonds is 2. The maximum atomic E-state index is 4.82. The first-order chi connectivity index (χ1) is 17.8. The van der Waals surface area contributed by atoms with E-state index in [-0.39, 0.29) is 0 Å². The molecule has 3 heteroatoms. The number of thiophene rings is 1. The minimum absolute atomic E-state index is 1.05. The minimum atomic E-state index is 1.05. The molecule has 3 aromatic heterocycles. The molecule has 0 saturated carbocycles. The van der Waals surface area contributed by atoms with Gasteiger partial charge in [0.15, 0.2) is 0 Å². The second kappa shape index (κ2) is 7.51. The van der Waals surface area contributed by atoms with E-state index in [1.807, 2.05) is 23.6 Å². The first-order valence-corrected chi connectivity index (χ1v) is 13.0. The van der Waals surface area contributed by atoms with Crippen molar-refractivity contribution in [3.63, 3.8) is 0 Å². The lowest BCUT2D eigenvalue weighted by molar-refractivity contribution is 1.18. The predicted molar refractivity (Wildman–Crippen MR) is 154 cm³/mol. The SMILES string of the molecule is c1ccc(-c2ccc3cc(-n4c5cc6sc7ccccc7c6cc5c5ncccc54)ccc3c2)cc1. The predicted octanol–water partition coefficient (Wildman–Crippen LogP) is 9.37. The van der Waals surface area contributed by atoms with Crippen LogP contribution in [0.5, 0.6) is 0 Å². The molecule has 0 saturated heterocycles. The number of fused-ring (bicyclic) bond motifs is 7. The Bertz CT molecular complexity index is 2100. The highest BCUT2D eigenvalue weighted by atomic mass is 32.1.